The Morgan fingerprint density at radius 1 is 0.844 bits per heavy atom. The van der Waals surface area contributed by atoms with Gasteiger partial charge in [0.1, 0.15) is 5.75 Å². The SMILES string of the molecule is COc1ccc(/C=C/C(=O)N(C(=O)N[C@@H](C)c2ccccc2)[C@@H](C)c2ccccc2)cc1. The van der Waals surface area contributed by atoms with Gasteiger partial charge >= 0.3 is 6.03 Å². The molecule has 3 amide bonds. The molecule has 5 nitrogen and oxygen atoms in total. The van der Waals surface area contributed by atoms with Crippen LogP contribution in [-0.4, -0.2) is 23.9 Å². The Kier molecular flexibility index (Phi) is 7.81. The van der Waals surface area contributed by atoms with Gasteiger partial charge < -0.3 is 10.1 Å². The van der Waals surface area contributed by atoms with Crippen molar-refractivity contribution in [1.29, 1.82) is 0 Å². The number of nitrogens with one attached hydrogen (secondary N) is 1. The summed E-state index contributed by atoms with van der Waals surface area (Å²) in [5, 5.41) is 2.96. The molecule has 3 aromatic rings. The Morgan fingerprint density at radius 3 is 1.97 bits per heavy atom. The van der Waals surface area contributed by atoms with Crippen LogP contribution in [0.2, 0.25) is 0 Å². The average molecular weight is 429 g/mol. The van der Waals surface area contributed by atoms with Gasteiger partial charge in [-0.25, -0.2) is 4.79 Å². The van der Waals surface area contributed by atoms with Crippen LogP contribution in [0.4, 0.5) is 4.79 Å². The summed E-state index contributed by atoms with van der Waals surface area (Å²) in [6.07, 6.45) is 3.12. The van der Waals surface area contributed by atoms with Gasteiger partial charge in [-0.05, 0) is 48.7 Å². The lowest BCUT2D eigenvalue weighted by Crippen LogP contribution is -2.45. The van der Waals surface area contributed by atoms with E-state index in [0.717, 1.165) is 22.4 Å². The van der Waals surface area contributed by atoms with Gasteiger partial charge in [0.2, 0.25) is 0 Å². The molecule has 0 unspecified atom stereocenters. The van der Waals surface area contributed by atoms with Crippen LogP contribution in [-0.2, 0) is 4.79 Å². The molecule has 3 rings (SSSR count). The van der Waals surface area contributed by atoms with E-state index in [1.54, 1.807) is 13.2 Å². The van der Waals surface area contributed by atoms with Crippen molar-refractivity contribution in [2.24, 2.45) is 0 Å². The zero-order chi connectivity index (χ0) is 22.9. The van der Waals surface area contributed by atoms with Crippen LogP contribution >= 0.6 is 0 Å². The number of benzene rings is 3. The third-order valence-electron chi connectivity index (χ3n) is 5.30. The molecule has 0 saturated carbocycles. The second kappa shape index (κ2) is 11.0. The van der Waals surface area contributed by atoms with Gasteiger partial charge in [-0.15, -0.1) is 0 Å². The molecule has 0 bridgehead atoms. The van der Waals surface area contributed by atoms with Crippen LogP contribution in [0.5, 0.6) is 5.75 Å². The summed E-state index contributed by atoms with van der Waals surface area (Å²) < 4.78 is 5.17. The maximum atomic E-state index is 13.2. The van der Waals surface area contributed by atoms with E-state index in [4.69, 9.17) is 4.74 Å². The van der Waals surface area contributed by atoms with Crippen LogP contribution in [0, 0.1) is 0 Å². The molecule has 0 saturated heterocycles. The van der Waals surface area contributed by atoms with Crippen molar-refractivity contribution in [3.8, 4) is 5.75 Å². The number of amides is 3. The highest BCUT2D eigenvalue weighted by atomic mass is 16.5. The molecule has 0 spiro atoms. The first-order valence-corrected chi connectivity index (χ1v) is 10.6. The van der Waals surface area contributed by atoms with Gasteiger partial charge in [-0.1, -0.05) is 72.8 Å². The molecule has 0 aromatic heterocycles. The van der Waals surface area contributed by atoms with E-state index in [1.165, 1.54) is 11.0 Å². The number of ether oxygens (including phenoxy) is 1. The summed E-state index contributed by atoms with van der Waals surface area (Å²) in [4.78, 5) is 27.6. The minimum absolute atomic E-state index is 0.243. The maximum absolute atomic E-state index is 13.2. The van der Waals surface area contributed by atoms with Crippen molar-refractivity contribution in [2.45, 2.75) is 25.9 Å². The third kappa shape index (κ3) is 5.85. The van der Waals surface area contributed by atoms with Crippen LogP contribution in [0.15, 0.2) is 91.0 Å². The fourth-order valence-electron chi connectivity index (χ4n) is 3.39. The average Bonchev–Trinajstić information content (AvgIpc) is 2.84. The number of nitrogens with zero attached hydrogens (tertiary/aromatic N) is 1. The van der Waals surface area contributed by atoms with Crippen molar-refractivity contribution in [1.82, 2.24) is 10.2 Å². The smallest absolute Gasteiger partial charge is 0.325 e. The molecule has 164 valence electrons. The molecule has 0 fully saturated rings. The first-order valence-electron chi connectivity index (χ1n) is 10.6. The zero-order valence-electron chi connectivity index (χ0n) is 18.6. The van der Waals surface area contributed by atoms with Gasteiger partial charge in [0.25, 0.3) is 5.91 Å². The van der Waals surface area contributed by atoms with E-state index in [1.807, 2.05) is 98.8 Å². The number of carbonyl (C=O) groups is 2. The summed E-state index contributed by atoms with van der Waals surface area (Å²) >= 11 is 0. The Bertz CT molecular complexity index is 1050. The minimum atomic E-state index is -0.443. The van der Waals surface area contributed by atoms with Gasteiger partial charge in [-0.3, -0.25) is 9.69 Å². The first-order chi connectivity index (χ1) is 15.5. The predicted molar refractivity (Wildman–Crippen MR) is 127 cm³/mol. The fraction of sp³-hybridized carbons (Fsp3) is 0.185. The predicted octanol–water partition coefficient (Wildman–Crippen LogP) is 5.77. The lowest BCUT2D eigenvalue weighted by atomic mass is 10.1. The number of urea groups is 1. The Balaban J connectivity index is 1.83. The van der Waals surface area contributed by atoms with E-state index in [9.17, 15) is 9.59 Å². The number of carbonyl (C=O) groups excluding carboxylic acids is 2. The summed E-state index contributed by atoms with van der Waals surface area (Å²) in [5.74, 6) is 0.344. The molecular weight excluding hydrogens is 400 g/mol. The van der Waals surface area contributed by atoms with Gasteiger partial charge in [0.05, 0.1) is 19.2 Å². The molecule has 32 heavy (non-hydrogen) atoms. The van der Waals surface area contributed by atoms with E-state index in [-0.39, 0.29) is 6.04 Å². The van der Waals surface area contributed by atoms with Gasteiger partial charge in [0, 0.05) is 6.08 Å². The van der Waals surface area contributed by atoms with Crippen molar-refractivity contribution < 1.29 is 14.3 Å². The molecular formula is C27H28N2O3. The number of hydrogen-bond donors (Lipinski definition) is 1. The van der Waals surface area contributed by atoms with Crippen molar-refractivity contribution in [2.75, 3.05) is 7.11 Å². The highest BCUT2D eigenvalue weighted by Gasteiger charge is 2.27. The fourth-order valence-corrected chi connectivity index (χ4v) is 3.39. The minimum Gasteiger partial charge on any atom is -0.497 e. The number of imide groups is 1. The second-order valence-corrected chi connectivity index (χ2v) is 7.48. The van der Waals surface area contributed by atoms with E-state index in [0.29, 0.717) is 0 Å². The molecule has 1 N–H and O–H groups in total. The quantitative estimate of drug-likeness (QED) is 0.486. The summed E-state index contributed by atoms with van der Waals surface area (Å²) in [6, 6.07) is 25.4. The van der Waals surface area contributed by atoms with E-state index >= 15 is 0 Å². The zero-order valence-corrected chi connectivity index (χ0v) is 18.6. The van der Waals surface area contributed by atoms with Gasteiger partial charge in [0.15, 0.2) is 0 Å². The highest BCUT2D eigenvalue weighted by Crippen LogP contribution is 2.22. The summed E-state index contributed by atoms with van der Waals surface area (Å²) in [7, 11) is 1.60. The standard InChI is InChI=1S/C27H28N2O3/c1-20(23-10-6-4-7-11-23)28-27(31)29(21(2)24-12-8-5-9-13-24)26(30)19-16-22-14-17-25(32-3)18-15-22/h4-21H,1-3H3,(H,28,31)/b19-16+/t20-,21-/m0/s1. The van der Waals surface area contributed by atoms with Crippen LogP contribution < -0.4 is 10.1 Å². The van der Waals surface area contributed by atoms with Gasteiger partial charge in [-0.2, -0.15) is 0 Å². The Morgan fingerprint density at radius 2 is 1.41 bits per heavy atom. The molecule has 0 aliphatic rings. The second-order valence-electron chi connectivity index (χ2n) is 7.48. The molecule has 0 radical (unpaired) electrons. The number of hydrogen-bond acceptors (Lipinski definition) is 3. The van der Waals surface area contributed by atoms with Crippen LogP contribution in [0.3, 0.4) is 0 Å². The number of rotatable bonds is 7. The lowest BCUT2D eigenvalue weighted by Gasteiger charge is -2.28. The highest BCUT2D eigenvalue weighted by molar-refractivity contribution is 6.02. The van der Waals surface area contributed by atoms with Crippen molar-refractivity contribution in [3.05, 3.63) is 108 Å². The topological polar surface area (TPSA) is 58.6 Å². The molecule has 3 aromatic carbocycles. The van der Waals surface area contributed by atoms with E-state index < -0.39 is 18.0 Å². The number of methoxy groups -OCH3 is 1. The van der Waals surface area contributed by atoms with Crippen LogP contribution in [0.1, 0.15) is 42.6 Å². The Labute approximate surface area is 189 Å². The summed E-state index contributed by atoms with van der Waals surface area (Å²) in [5.41, 5.74) is 2.68. The Hall–Kier alpha value is -3.86. The van der Waals surface area contributed by atoms with Crippen molar-refractivity contribution >= 4 is 18.0 Å². The van der Waals surface area contributed by atoms with E-state index in [2.05, 4.69) is 5.32 Å². The lowest BCUT2D eigenvalue weighted by molar-refractivity contribution is -0.124. The largest absolute Gasteiger partial charge is 0.497 e. The monoisotopic (exact) mass is 428 g/mol. The first kappa shape index (κ1) is 22.8. The molecule has 5 heteroatoms. The summed E-state index contributed by atoms with van der Waals surface area (Å²) in [6.45, 7) is 3.75. The molecule has 0 heterocycles. The molecule has 0 aliphatic heterocycles. The molecule has 0 aliphatic carbocycles. The normalized spacial score (nSPS) is 12.7. The third-order valence-corrected chi connectivity index (χ3v) is 5.30. The molecule has 2 atom stereocenters. The van der Waals surface area contributed by atoms with Crippen LogP contribution in [0.25, 0.3) is 6.08 Å². The van der Waals surface area contributed by atoms with Crippen molar-refractivity contribution in [3.63, 3.8) is 0 Å². The maximum Gasteiger partial charge on any atom is 0.325 e.